The molecule has 1 fully saturated rings. The molecule has 1 aliphatic heterocycles. The molecule has 0 radical (unpaired) electrons. The fourth-order valence-electron chi connectivity index (χ4n) is 3.03. The highest BCUT2D eigenvalue weighted by Gasteiger charge is 2.17. The average molecular weight is 310 g/mol. The van der Waals surface area contributed by atoms with Crippen LogP contribution in [0.5, 0.6) is 0 Å². The van der Waals surface area contributed by atoms with E-state index in [2.05, 4.69) is 43.0 Å². The third-order valence-electron chi connectivity index (χ3n) is 4.04. The molecular formula is C17H22N6. The third kappa shape index (κ3) is 3.17. The number of rotatable bonds is 4. The Bertz CT molecular complexity index is 735. The standard InChI is InChI=1S/C17H22N6/c1-18-10-13(11-19-2)14-12-22-17-16(14)15(4-6-21-17)23-8-3-5-20-7-9-23/h4,6,10-12,20H,1,3,5,7-9H2,2H3,(H,21,22)/b13-10+,19-11?. The van der Waals surface area contributed by atoms with E-state index in [0.29, 0.717) is 0 Å². The lowest BCUT2D eigenvalue weighted by Gasteiger charge is -2.23. The van der Waals surface area contributed by atoms with E-state index in [-0.39, 0.29) is 0 Å². The SMILES string of the molecule is C=N/C=C(\C=NC)c1c[nH]c2nccc(N3CCCNCC3)c12. The van der Waals surface area contributed by atoms with Gasteiger partial charge < -0.3 is 15.2 Å². The minimum Gasteiger partial charge on any atom is -0.370 e. The summed E-state index contributed by atoms with van der Waals surface area (Å²) in [6.07, 6.45) is 8.50. The Morgan fingerprint density at radius 2 is 2.30 bits per heavy atom. The highest BCUT2D eigenvalue weighted by atomic mass is 15.2. The zero-order valence-corrected chi connectivity index (χ0v) is 13.4. The van der Waals surface area contributed by atoms with Crippen molar-refractivity contribution in [2.45, 2.75) is 6.42 Å². The van der Waals surface area contributed by atoms with Crippen LogP contribution in [0.15, 0.2) is 34.6 Å². The number of aliphatic imine (C=N–C) groups is 2. The summed E-state index contributed by atoms with van der Waals surface area (Å²) in [6.45, 7) is 7.66. The largest absolute Gasteiger partial charge is 0.370 e. The van der Waals surface area contributed by atoms with E-state index in [1.807, 2.05) is 12.4 Å². The molecule has 0 bridgehead atoms. The maximum Gasteiger partial charge on any atom is 0.139 e. The lowest BCUT2D eigenvalue weighted by molar-refractivity contribution is 0.724. The van der Waals surface area contributed by atoms with Crippen LogP contribution >= 0.6 is 0 Å². The van der Waals surface area contributed by atoms with Gasteiger partial charge in [0, 0.05) is 68.3 Å². The average Bonchev–Trinajstić information content (AvgIpc) is 2.81. The first kappa shape index (κ1) is 15.4. The van der Waals surface area contributed by atoms with Crippen molar-refractivity contribution in [1.82, 2.24) is 15.3 Å². The van der Waals surface area contributed by atoms with Crippen molar-refractivity contribution in [2.75, 3.05) is 38.1 Å². The molecule has 6 heteroatoms. The molecule has 0 unspecified atom stereocenters. The molecule has 0 saturated carbocycles. The normalized spacial score (nSPS) is 16.9. The number of nitrogens with zero attached hydrogens (tertiary/aromatic N) is 4. The van der Waals surface area contributed by atoms with E-state index < -0.39 is 0 Å². The van der Waals surface area contributed by atoms with E-state index in [9.17, 15) is 0 Å². The van der Waals surface area contributed by atoms with Gasteiger partial charge in [0.2, 0.25) is 0 Å². The number of allylic oxidation sites excluding steroid dienone is 1. The minimum atomic E-state index is 0.883. The molecule has 3 heterocycles. The maximum absolute atomic E-state index is 4.47. The van der Waals surface area contributed by atoms with Crippen molar-refractivity contribution in [3.05, 3.63) is 30.2 Å². The predicted octanol–water partition coefficient (Wildman–Crippen LogP) is 2.10. The Kier molecular flexibility index (Phi) is 4.83. The fraction of sp³-hybridized carbons (Fsp3) is 0.353. The smallest absolute Gasteiger partial charge is 0.139 e. The number of hydrogen-bond donors (Lipinski definition) is 2. The first-order chi connectivity index (χ1) is 11.3. The van der Waals surface area contributed by atoms with Gasteiger partial charge in [-0.1, -0.05) is 0 Å². The minimum absolute atomic E-state index is 0.883. The molecular weight excluding hydrogens is 288 g/mol. The van der Waals surface area contributed by atoms with Gasteiger partial charge in [0.05, 0.1) is 5.39 Å². The van der Waals surface area contributed by atoms with Crippen LogP contribution in [0.3, 0.4) is 0 Å². The molecule has 23 heavy (non-hydrogen) atoms. The zero-order chi connectivity index (χ0) is 16.1. The first-order valence-electron chi connectivity index (χ1n) is 7.85. The summed E-state index contributed by atoms with van der Waals surface area (Å²) >= 11 is 0. The van der Waals surface area contributed by atoms with Gasteiger partial charge >= 0.3 is 0 Å². The molecule has 0 atom stereocenters. The Labute approximate surface area is 136 Å². The van der Waals surface area contributed by atoms with Gasteiger partial charge in [-0.3, -0.25) is 9.98 Å². The highest BCUT2D eigenvalue weighted by molar-refractivity contribution is 6.16. The second kappa shape index (κ2) is 7.19. The van der Waals surface area contributed by atoms with Crippen LogP contribution in [0.4, 0.5) is 5.69 Å². The number of nitrogens with one attached hydrogen (secondary N) is 2. The van der Waals surface area contributed by atoms with Gasteiger partial charge in [-0.05, 0) is 25.7 Å². The Morgan fingerprint density at radius 1 is 1.39 bits per heavy atom. The van der Waals surface area contributed by atoms with Crippen LogP contribution in [0, 0.1) is 0 Å². The van der Waals surface area contributed by atoms with Crippen molar-refractivity contribution in [1.29, 1.82) is 0 Å². The number of fused-ring (bicyclic) bond motifs is 1. The lowest BCUT2D eigenvalue weighted by Crippen LogP contribution is -2.28. The van der Waals surface area contributed by atoms with E-state index in [1.54, 1.807) is 19.5 Å². The summed E-state index contributed by atoms with van der Waals surface area (Å²) in [5.74, 6) is 0. The van der Waals surface area contributed by atoms with Gasteiger partial charge in [-0.25, -0.2) is 4.98 Å². The van der Waals surface area contributed by atoms with Crippen LogP contribution < -0.4 is 10.2 Å². The van der Waals surface area contributed by atoms with Crippen LogP contribution in [-0.2, 0) is 0 Å². The number of aromatic nitrogens is 2. The summed E-state index contributed by atoms with van der Waals surface area (Å²) in [5.41, 5.74) is 4.07. The van der Waals surface area contributed by atoms with Crippen molar-refractivity contribution in [2.24, 2.45) is 9.98 Å². The van der Waals surface area contributed by atoms with Crippen LogP contribution in [-0.4, -0.2) is 56.1 Å². The van der Waals surface area contributed by atoms with Gasteiger partial charge in [0.1, 0.15) is 5.65 Å². The number of anilines is 1. The highest BCUT2D eigenvalue weighted by Crippen LogP contribution is 2.32. The molecule has 2 aromatic rings. The molecule has 2 N–H and O–H groups in total. The Hall–Kier alpha value is -2.47. The van der Waals surface area contributed by atoms with E-state index >= 15 is 0 Å². The number of hydrogen-bond acceptors (Lipinski definition) is 5. The molecule has 0 amide bonds. The number of H-pyrrole nitrogens is 1. The number of aromatic amines is 1. The second-order valence-corrected chi connectivity index (χ2v) is 5.50. The van der Waals surface area contributed by atoms with Gasteiger partial charge in [0.25, 0.3) is 0 Å². The molecule has 3 rings (SSSR count). The summed E-state index contributed by atoms with van der Waals surface area (Å²) in [7, 11) is 1.76. The van der Waals surface area contributed by atoms with E-state index in [4.69, 9.17) is 0 Å². The third-order valence-corrected chi connectivity index (χ3v) is 4.04. The van der Waals surface area contributed by atoms with Crippen LogP contribution in [0.2, 0.25) is 0 Å². The summed E-state index contributed by atoms with van der Waals surface area (Å²) in [4.78, 5) is 18.2. The Morgan fingerprint density at radius 3 is 3.13 bits per heavy atom. The van der Waals surface area contributed by atoms with E-state index in [1.165, 1.54) is 5.69 Å². The molecule has 0 spiro atoms. The zero-order valence-electron chi connectivity index (χ0n) is 13.4. The molecule has 0 aliphatic carbocycles. The summed E-state index contributed by atoms with van der Waals surface area (Å²) < 4.78 is 0. The van der Waals surface area contributed by atoms with Crippen molar-refractivity contribution >= 4 is 35.2 Å². The van der Waals surface area contributed by atoms with Crippen molar-refractivity contribution in [3.8, 4) is 0 Å². The number of pyridine rings is 1. The lowest BCUT2D eigenvalue weighted by atomic mass is 10.1. The van der Waals surface area contributed by atoms with Crippen LogP contribution in [0.1, 0.15) is 12.0 Å². The predicted molar refractivity (Wildman–Crippen MR) is 97.7 cm³/mol. The first-order valence-corrected chi connectivity index (χ1v) is 7.85. The van der Waals surface area contributed by atoms with Gasteiger partial charge in [-0.15, -0.1) is 0 Å². The molecule has 1 saturated heterocycles. The Balaban J connectivity index is 2.13. The summed E-state index contributed by atoms with van der Waals surface area (Å²) in [5, 5.41) is 4.56. The molecule has 6 nitrogen and oxygen atoms in total. The maximum atomic E-state index is 4.47. The monoisotopic (exact) mass is 310 g/mol. The van der Waals surface area contributed by atoms with Gasteiger partial charge in [-0.2, -0.15) is 0 Å². The quantitative estimate of drug-likeness (QED) is 0.850. The van der Waals surface area contributed by atoms with Crippen molar-refractivity contribution < 1.29 is 0 Å². The van der Waals surface area contributed by atoms with E-state index in [0.717, 1.165) is 54.8 Å². The second-order valence-electron chi connectivity index (χ2n) is 5.50. The van der Waals surface area contributed by atoms with Crippen LogP contribution in [0.25, 0.3) is 16.6 Å². The van der Waals surface area contributed by atoms with Gasteiger partial charge in [0.15, 0.2) is 0 Å². The molecule has 1 aliphatic rings. The molecule has 0 aromatic carbocycles. The van der Waals surface area contributed by atoms with Crippen molar-refractivity contribution in [3.63, 3.8) is 0 Å². The molecule has 2 aromatic heterocycles. The fourth-order valence-corrected chi connectivity index (χ4v) is 3.03. The summed E-state index contributed by atoms with van der Waals surface area (Å²) in [6, 6.07) is 2.09. The molecule has 120 valence electrons. The topological polar surface area (TPSA) is 68.7 Å².